The van der Waals surface area contributed by atoms with Gasteiger partial charge in [0.05, 0.1) is 11.3 Å². The average Bonchev–Trinajstić information content (AvgIpc) is 3.38. The molecule has 0 bridgehead atoms. The molecule has 1 amide bonds. The van der Waals surface area contributed by atoms with Gasteiger partial charge in [-0.1, -0.05) is 0 Å². The van der Waals surface area contributed by atoms with Gasteiger partial charge >= 0.3 is 0 Å². The predicted octanol–water partition coefficient (Wildman–Crippen LogP) is 1.08. The number of aromatic nitrogens is 3. The van der Waals surface area contributed by atoms with Crippen molar-refractivity contribution in [2.24, 2.45) is 11.8 Å². The van der Waals surface area contributed by atoms with Crippen molar-refractivity contribution in [3.8, 4) is 5.82 Å². The number of nitrogens with zero attached hydrogens (tertiary/aromatic N) is 6. The van der Waals surface area contributed by atoms with Crippen molar-refractivity contribution in [2.45, 2.75) is 6.42 Å². The predicted molar refractivity (Wildman–Crippen MR) is 97.7 cm³/mol. The number of carbonyl (C=O) groups is 1. The third-order valence-electron chi connectivity index (χ3n) is 5.51. The van der Waals surface area contributed by atoms with E-state index in [2.05, 4.69) is 15.0 Å². The van der Waals surface area contributed by atoms with Crippen molar-refractivity contribution in [3.05, 3.63) is 46.4 Å². The molecule has 2 saturated heterocycles. The van der Waals surface area contributed by atoms with E-state index in [9.17, 15) is 19.3 Å². The number of likely N-dealkylation sites (tertiary alicyclic amines) is 2. The number of pyridine rings is 1. The summed E-state index contributed by atoms with van der Waals surface area (Å²) < 4.78 is 14.0. The van der Waals surface area contributed by atoms with Gasteiger partial charge in [-0.15, -0.1) is 0 Å². The quantitative estimate of drug-likeness (QED) is 0.543. The summed E-state index contributed by atoms with van der Waals surface area (Å²) in [6.07, 6.45) is 3.15. The summed E-state index contributed by atoms with van der Waals surface area (Å²) in [6, 6.07) is 4.60. The zero-order valence-electron chi connectivity index (χ0n) is 15.3. The van der Waals surface area contributed by atoms with Crippen molar-refractivity contribution in [1.29, 1.82) is 0 Å². The number of fused-ring (bicyclic) bond motifs is 1. The highest BCUT2D eigenvalue weighted by atomic mass is 19.1. The molecule has 2 unspecified atom stereocenters. The maximum Gasteiger partial charge on any atom is 0.291 e. The smallest absolute Gasteiger partial charge is 0.291 e. The molecular weight excluding hydrogens is 367 g/mol. The fraction of sp³-hybridized carbons (Fsp3) is 0.500. The molecule has 148 valence electrons. The summed E-state index contributed by atoms with van der Waals surface area (Å²) in [6.45, 7) is 2.90. The maximum absolute atomic E-state index is 12.8. The van der Waals surface area contributed by atoms with E-state index in [1.165, 1.54) is 16.8 Å². The summed E-state index contributed by atoms with van der Waals surface area (Å²) in [5.74, 6) is 0.945. The number of hydrogen-bond donors (Lipinski definition) is 0. The molecule has 4 rings (SSSR count). The molecule has 4 heterocycles. The van der Waals surface area contributed by atoms with Gasteiger partial charge in [0.15, 0.2) is 5.82 Å². The van der Waals surface area contributed by atoms with Crippen LogP contribution in [0.15, 0.2) is 30.6 Å². The molecule has 0 spiro atoms. The molecule has 2 aliphatic heterocycles. The molecule has 0 aromatic carbocycles. The normalized spacial score (nSPS) is 21.8. The number of nitro groups is 1. The van der Waals surface area contributed by atoms with Crippen LogP contribution < -0.4 is 0 Å². The molecular formula is C18H21FN6O3. The zero-order valence-corrected chi connectivity index (χ0v) is 15.3. The highest BCUT2D eigenvalue weighted by molar-refractivity contribution is 5.79. The Labute approximate surface area is 160 Å². The van der Waals surface area contributed by atoms with E-state index < -0.39 is 4.92 Å². The molecule has 0 N–H and O–H groups in total. The lowest BCUT2D eigenvalue weighted by molar-refractivity contribution is -0.385. The lowest BCUT2D eigenvalue weighted by Gasteiger charge is -2.20. The summed E-state index contributed by atoms with van der Waals surface area (Å²) in [7, 11) is 0. The summed E-state index contributed by atoms with van der Waals surface area (Å²) in [5, 5.41) is 15.4. The Morgan fingerprint density at radius 1 is 1.25 bits per heavy atom. The Morgan fingerprint density at radius 3 is 2.61 bits per heavy atom. The van der Waals surface area contributed by atoms with Crippen molar-refractivity contribution in [3.63, 3.8) is 0 Å². The lowest BCUT2D eigenvalue weighted by atomic mass is 10.0. The van der Waals surface area contributed by atoms with Crippen molar-refractivity contribution in [1.82, 2.24) is 24.6 Å². The second-order valence-electron chi connectivity index (χ2n) is 7.29. The largest absolute Gasteiger partial charge is 0.342 e. The van der Waals surface area contributed by atoms with Gasteiger partial charge in [0.1, 0.15) is 12.4 Å². The van der Waals surface area contributed by atoms with Crippen LogP contribution >= 0.6 is 0 Å². The van der Waals surface area contributed by atoms with Crippen LogP contribution in [-0.4, -0.2) is 74.8 Å². The minimum Gasteiger partial charge on any atom is -0.342 e. The molecule has 0 radical (unpaired) electrons. The first-order valence-corrected chi connectivity index (χ1v) is 9.25. The van der Waals surface area contributed by atoms with Gasteiger partial charge in [0.25, 0.3) is 5.69 Å². The molecule has 2 aromatic rings. The third kappa shape index (κ3) is 3.59. The molecule has 2 atom stereocenters. The molecule has 2 aromatic heterocycles. The summed E-state index contributed by atoms with van der Waals surface area (Å²) in [5.41, 5.74) is -0.0307. The molecule has 10 heteroatoms. The van der Waals surface area contributed by atoms with Crippen LogP contribution in [0.1, 0.15) is 5.69 Å². The van der Waals surface area contributed by atoms with Gasteiger partial charge < -0.3 is 9.80 Å². The highest BCUT2D eigenvalue weighted by Gasteiger charge is 2.41. The van der Waals surface area contributed by atoms with Crippen LogP contribution in [0.3, 0.4) is 0 Å². The van der Waals surface area contributed by atoms with Gasteiger partial charge in [-0.3, -0.25) is 14.9 Å². The Bertz CT molecular complexity index is 860. The van der Waals surface area contributed by atoms with E-state index in [0.717, 1.165) is 13.1 Å². The van der Waals surface area contributed by atoms with Crippen LogP contribution in [0, 0.1) is 22.0 Å². The van der Waals surface area contributed by atoms with Gasteiger partial charge in [0, 0.05) is 51.2 Å². The Morgan fingerprint density at radius 2 is 2.00 bits per heavy atom. The van der Waals surface area contributed by atoms with Crippen LogP contribution in [0.2, 0.25) is 0 Å². The van der Waals surface area contributed by atoms with Gasteiger partial charge in [0.2, 0.25) is 5.91 Å². The number of alkyl halides is 1. The summed E-state index contributed by atoms with van der Waals surface area (Å²) >= 11 is 0. The van der Waals surface area contributed by atoms with E-state index in [0.29, 0.717) is 37.3 Å². The van der Waals surface area contributed by atoms with E-state index in [-0.39, 0.29) is 30.4 Å². The molecule has 0 saturated carbocycles. The molecule has 2 aliphatic rings. The van der Waals surface area contributed by atoms with E-state index >= 15 is 0 Å². The fourth-order valence-electron chi connectivity index (χ4n) is 4.16. The molecule has 0 aliphatic carbocycles. The SMILES string of the molecule is O=C(Cc1nc(-n2cccn2)ccc1[N+](=O)[O-])N1CC2CN(CCF)CC2C1. The first kappa shape index (κ1) is 18.5. The number of amides is 1. The molecule has 28 heavy (non-hydrogen) atoms. The monoisotopic (exact) mass is 388 g/mol. The number of rotatable bonds is 6. The van der Waals surface area contributed by atoms with Crippen molar-refractivity contribution >= 4 is 11.6 Å². The van der Waals surface area contributed by atoms with Gasteiger partial charge in [-0.05, 0) is 24.0 Å². The van der Waals surface area contributed by atoms with Crippen molar-refractivity contribution < 1.29 is 14.1 Å². The Kier molecular flexibility index (Phi) is 5.03. The topological polar surface area (TPSA) is 97.4 Å². The Hall–Kier alpha value is -2.88. The minimum absolute atomic E-state index is 0.126. The van der Waals surface area contributed by atoms with Crippen molar-refractivity contribution in [2.75, 3.05) is 39.4 Å². The Balaban J connectivity index is 1.47. The number of carbonyl (C=O) groups excluding carboxylic acids is 1. The first-order chi connectivity index (χ1) is 13.5. The van der Waals surface area contributed by atoms with E-state index in [1.54, 1.807) is 23.4 Å². The highest BCUT2D eigenvalue weighted by Crippen LogP contribution is 2.31. The van der Waals surface area contributed by atoms with Crippen LogP contribution in [0.4, 0.5) is 10.1 Å². The van der Waals surface area contributed by atoms with E-state index in [1.807, 2.05) is 0 Å². The van der Waals surface area contributed by atoms with Gasteiger partial charge in [-0.25, -0.2) is 14.1 Å². The summed E-state index contributed by atoms with van der Waals surface area (Å²) in [4.78, 5) is 31.8. The second kappa shape index (κ2) is 7.63. The van der Waals surface area contributed by atoms with Gasteiger partial charge in [-0.2, -0.15) is 5.10 Å². The van der Waals surface area contributed by atoms with Crippen LogP contribution in [-0.2, 0) is 11.2 Å². The lowest BCUT2D eigenvalue weighted by Crippen LogP contribution is -2.35. The molecule has 2 fully saturated rings. The zero-order chi connectivity index (χ0) is 19.7. The number of hydrogen-bond acceptors (Lipinski definition) is 6. The number of halogens is 1. The minimum atomic E-state index is -0.518. The fourth-order valence-corrected chi connectivity index (χ4v) is 4.16. The molecule has 9 nitrogen and oxygen atoms in total. The van der Waals surface area contributed by atoms with E-state index in [4.69, 9.17) is 0 Å². The first-order valence-electron chi connectivity index (χ1n) is 9.25. The van der Waals surface area contributed by atoms with Crippen LogP contribution in [0.25, 0.3) is 5.82 Å². The average molecular weight is 388 g/mol. The standard InChI is InChI=1S/C18H21FN6O3/c19-4-7-22-9-13-11-23(12-14(13)10-22)18(26)8-15-16(25(27)28)2-3-17(21-15)24-6-1-5-20-24/h1-3,5-6,13-14H,4,7-12H2. The third-order valence-corrected chi connectivity index (χ3v) is 5.51. The second-order valence-corrected chi connectivity index (χ2v) is 7.29. The maximum atomic E-state index is 12.8. The van der Waals surface area contributed by atoms with Crippen LogP contribution in [0.5, 0.6) is 0 Å².